The van der Waals surface area contributed by atoms with Crippen LogP contribution >= 0.6 is 11.6 Å². The average molecular weight is 1340 g/mol. The summed E-state index contributed by atoms with van der Waals surface area (Å²) in [5.74, 6) is 10.2. The number of aryl methyl sites for hydroxylation is 1. The summed E-state index contributed by atoms with van der Waals surface area (Å²) in [5.41, 5.74) is 7.54. The molecule has 0 aromatic heterocycles. The Morgan fingerprint density at radius 3 is 1.65 bits per heavy atom. The molecule has 4 aromatic rings. The first kappa shape index (κ1) is 69.7. The van der Waals surface area contributed by atoms with E-state index in [0.717, 1.165) is 134 Å². The van der Waals surface area contributed by atoms with Crippen LogP contribution in [0.5, 0.6) is 17.2 Å². The summed E-state index contributed by atoms with van der Waals surface area (Å²) >= 11 is 6.23. The average Bonchev–Trinajstić information content (AvgIpc) is 1.63. The van der Waals surface area contributed by atoms with Gasteiger partial charge in [0.25, 0.3) is 0 Å². The molecule has 524 valence electrons. The highest BCUT2D eigenvalue weighted by Crippen LogP contribution is 2.50. The maximum absolute atomic E-state index is 13.4. The number of rotatable bonds is 15. The molecule has 7 aliphatic heterocycles. The Morgan fingerprint density at radius 1 is 0.531 bits per heavy atom. The van der Waals surface area contributed by atoms with Crippen molar-refractivity contribution in [3.05, 3.63) is 123 Å². The quantitative estimate of drug-likeness (QED) is 0.106. The van der Waals surface area contributed by atoms with E-state index in [9.17, 15) is 14.0 Å². The molecule has 7 heterocycles. The van der Waals surface area contributed by atoms with Gasteiger partial charge in [-0.2, -0.15) is 0 Å². The van der Waals surface area contributed by atoms with Crippen molar-refractivity contribution >= 4 is 23.5 Å². The predicted octanol–water partition coefficient (Wildman–Crippen LogP) is 17.1. The van der Waals surface area contributed by atoms with E-state index in [1.165, 1.54) is 195 Å². The van der Waals surface area contributed by atoms with Crippen LogP contribution in [0.4, 0.5) is 9.18 Å². The number of ether oxygens (including phenoxy) is 5. The number of carbonyl (C=O) groups is 2. The van der Waals surface area contributed by atoms with Gasteiger partial charge in [0.2, 0.25) is 0 Å². The fourth-order valence-electron chi connectivity index (χ4n) is 20.5. The molecule has 6 bridgehead atoms. The highest BCUT2D eigenvalue weighted by molar-refractivity contribution is 6.30. The third-order valence-corrected chi connectivity index (χ3v) is 26.0. The monoisotopic (exact) mass is 1340 g/mol. The molecule has 0 radical (unpaired) electrons. The molecular formula is C82H115ClFN5O7. The SMILES string of the molecule is CCOC(=O)N1[C@@H]2CC[C@@H]1CC(N1CCC(c3cc(Cl)ccc3C)CC1)C2.COc1cc(F)ccc1C1CCN([C@H]2C[C@H]3CC[C@H]2C3)CC1.COc1ccc(C(=O)C2CC2)cc1C1CCN([C@H]2C[C@H]3CC[C@H]2C3)CC1.COc1ccccc1C1CCN(CC2CCCOC2)CC1. The number of likely N-dealkylation sites (tertiary alicyclic amines) is 4. The Bertz CT molecular complexity index is 3170. The number of benzene rings is 4. The number of carbonyl (C=O) groups excluding carboxylic acids is 2. The lowest BCUT2D eigenvalue weighted by atomic mass is 9.85. The minimum Gasteiger partial charge on any atom is -0.496 e. The third-order valence-electron chi connectivity index (χ3n) is 25.8. The molecule has 9 atom stereocenters. The second-order valence-electron chi connectivity index (χ2n) is 31.4. The number of hydrogen-bond donors (Lipinski definition) is 0. The molecular weight excluding hydrogens is 1220 g/mol. The van der Waals surface area contributed by atoms with E-state index in [1.807, 2.05) is 36.1 Å². The fraction of sp³-hybridized carbons (Fsp3) is 0.683. The summed E-state index contributed by atoms with van der Waals surface area (Å²) < 4.78 is 40.8. The lowest BCUT2D eigenvalue weighted by Crippen LogP contribution is -2.53. The van der Waals surface area contributed by atoms with E-state index in [2.05, 4.69) is 69.0 Å². The Labute approximate surface area is 580 Å². The second kappa shape index (κ2) is 32.7. The topological polar surface area (TPSA) is 96.5 Å². The maximum Gasteiger partial charge on any atom is 0.410 e. The highest BCUT2D eigenvalue weighted by atomic mass is 35.5. The van der Waals surface area contributed by atoms with Crippen molar-refractivity contribution in [3.63, 3.8) is 0 Å². The lowest BCUT2D eigenvalue weighted by molar-refractivity contribution is 0.0340. The normalized spacial score (nSPS) is 29.8. The van der Waals surface area contributed by atoms with Crippen LogP contribution in [0.1, 0.15) is 223 Å². The summed E-state index contributed by atoms with van der Waals surface area (Å²) in [6.07, 6.45) is 30.5. The minimum atomic E-state index is -0.208. The van der Waals surface area contributed by atoms with Crippen LogP contribution in [0.15, 0.2) is 78.9 Å². The molecule has 96 heavy (non-hydrogen) atoms. The van der Waals surface area contributed by atoms with E-state index in [4.69, 9.17) is 35.3 Å². The molecule has 1 unspecified atom stereocenters. The van der Waals surface area contributed by atoms with Gasteiger partial charge in [0, 0.05) is 65.9 Å². The largest absolute Gasteiger partial charge is 0.496 e. The highest BCUT2D eigenvalue weighted by Gasteiger charge is 2.47. The number of nitrogens with zero attached hydrogens (tertiary/aromatic N) is 5. The third kappa shape index (κ3) is 16.7. The van der Waals surface area contributed by atoms with Crippen LogP contribution < -0.4 is 14.2 Å². The number of fused-ring (bicyclic) bond motifs is 6. The van der Waals surface area contributed by atoms with Gasteiger partial charge in [-0.3, -0.25) is 4.79 Å². The van der Waals surface area contributed by atoms with Crippen molar-refractivity contribution in [2.24, 2.45) is 35.5 Å². The van der Waals surface area contributed by atoms with Crippen LogP contribution in [0.2, 0.25) is 5.02 Å². The standard InChI is InChI=1S/C23H31NO2.C22H31ClN2O2.C19H26FNO.C18H27NO2/c1-26-22-7-6-19(23(25)17-4-5-17)14-20(22)16-8-10-24(11-9-16)21-13-15-2-3-18(21)12-15;1-3-27-22(26)25-18-6-7-19(25)14-20(13-18)24-10-8-16(9-11-24)21-12-17(23)5-4-15(21)2;1-22-19-12-16(20)4-5-17(19)14-6-8-21(9-7-14)18-11-13-2-3-15(18)10-13;1-20-18-7-3-2-6-17(18)16-8-10-19(11-9-16)13-15-5-4-12-21-14-15/h6-7,14-18,21H,2-5,8-13H2,1H3;4-5,12,16,18-20H,3,6-11,13-14H2,1-2H3;4-5,12-15,18H,2-3,6-11H2,1H3;2-3,6-7,15-16H,4-5,8-14H2,1H3/t15-,18-,21-;18-,19-;13-,15-,18-;/m010./s1. The Kier molecular flexibility index (Phi) is 23.7. The number of piperidine rings is 5. The number of ketones is 1. The van der Waals surface area contributed by atoms with Crippen molar-refractivity contribution in [1.29, 1.82) is 0 Å². The second-order valence-corrected chi connectivity index (χ2v) is 31.9. The zero-order valence-corrected chi connectivity index (χ0v) is 59.7. The molecule has 0 N–H and O–H groups in total. The maximum atomic E-state index is 13.4. The van der Waals surface area contributed by atoms with Gasteiger partial charge in [-0.25, -0.2) is 9.18 Å². The molecule has 0 spiro atoms. The Hall–Kier alpha value is -4.76. The summed E-state index contributed by atoms with van der Waals surface area (Å²) in [4.78, 5) is 37.7. The summed E-state index contributed by atoms with van der Waals surface area (Å²) in [7, 11) is 5.17. The van der Waals surface area contributed by atoms with Gasteiger partial charge in [-0.05, 0) is 331 Å². The summed E-state index contributed by atoms with van der Waals surface area (Å²) in [6, 6.07) is 29.0. The lowest BCUT2D eigenvalue weighted by Gasteiger charge is -2.45. The van der Waals surface area contributed by atoms with Gasteiger partial charge in [-0.15, -0.1) is 0 Å². The summed E-state index contributed by atoms with van der Waals surface area (Å²) in [6.45, 7) is 17.2. The summed E-state index contributed by atoms with van der Waals surface area (Å²) in [5, 5.41) is 0.848. The van der Waals surface area contributed by atoms with Crippen LogP contribution in [0.25, 0.3) is 0 Å². The molecule has 16 rings (SSSR count). The smallest absolute Gasteiger partial charge is 0.410 e. The minimum absolute atomic E-state index is 0.0985. The van der Waals surface area contributed by atoms with Gasteiger partial charge in [-0.1, -0.05) is 54.8 Å². The van der Waals surface area contributed by atoms with Gasteiger partial charge < -0.3 is 48.2 Å². The van der Waals surface area contributed by atoms with Crippen molar-refractivity contribution in [2.75, 3.05) is 100 Å². The van der Waals surface area contributed by atoms with Crippen LogP contribution in [0.3, 0.4) is 0 Å². The van der Waals surface area contributed by atoms with Crippen molar-refractivity contribution in [1.82, 2.24) is 24.5 Å². The molecule has 4 aromatic carbocycles. The van der Waals surface area contributed by atoms with Crippen LogP contribution in [-0.4, -0.2) is 167 Å². The first-order valence-electron chi connectivity index (χ1n) is 38.3. The molecule has 7 saturated heterocycles. The zero-order valence-electron chi connectivity index (χ0n) is 59.0. The van der Waals surface area contributed by atoms with Crippen LogP contribution in [0, 0.1) is 48.2 Å². The molecule has 12 fully saturated rings. The number of methoxy groups -OCH3 is 3. The Balaban J connectivity index is 0.000000116. The first-order chi connectivity index (χ1) is 46.9. The number of para-hydroxylation sites is 1. The number of amides is 1. The van der Waals surface area contributed by atoms with Gasteiger partial charge in [0.05, 0.1) is 34.5 Å². The predicted molar refractivity (Wildman–Crippen MR) is 382 cm³/mol. The molecule has 1 amide bonds. The zero-order chi connectivity index (χ0) is 66.2. The van der Waals surface area contributed by atoms with Crippen molar-refractivity contribution in [3.8, 4) is 17.2 Å². The number of hydrogen-bond acceptors (Lipinski definition) is 11. The first-order valence-corrected chi connectivity index (χ1v) is 38.7. The molecule has 14 heteroatoms. The van der Waals surface area contributed by atoms with E-state index >= 15 is 0 Å². The van der Waals surface area contributed by atoms with Crippen molar-refractivity contribution in [2.45, 2.75) is 222 Å². The fourth-order valence-corrected chi connectivity index (χ4v) is 20.7. The Morgan fingerprint density at radius 2 is 1.09 bits per heavy atom. The van der Waals surface area contributed by atoms with Gasteiger partial charge in [0.1, 0.15) is 23.1 Å². The van der Waals surface area contributed by atoms with E-state index in [-0.39, 0.29) is 17.8 Å². The van der Waals surface area contributed by atoms with E-state index in [1.54, 1.807) is 27.4 Å². The van der Waals surface area contributed by atoms with Gasteiger partial charge >= 0.3 is 6.09 Å². The molecule has 5 aliphatic carbocycles. The number of Topliss-reactive ketones (excluding diaryl/α,β-unsaturated/α-hetero) is 1. The van der Waals surface area contributed by atoms with E-state index in [0.29, 0.717) is 54.2 Å². The molecule has 12 aliphatic rings. The molecule has 5 saturated carbocycles. The van der Waals surface area contributed by atoms with E-state index < -0.39 is 0 Å². The van der Waals surface area contributed by atoms with Crippen molar-refractivity contribution < 1.29 is 37.7 Å². The molecule has 12 nitrogen and oxygen atoms in total. The number of halogens is 2. The van der Waals surface area contributed by atoms with Crippen LogP contribution in [-0.2, 0) is 9.47 Å². The van der Waals surface area contributed by atoms with Gasteiger partial charge in [0.15, 0.2) is 5.78 Å².